The molecule has 1 N–H and O–H groups in total. The monoisotopic (exact) mass is 180 g/mol. The van der Waals surface area contributed by atoms with Crippen molar-refractivity contribution >= 4 is 5.84 Å². The minimum Gasteiger partial charge on any atom is -0.357 e. The van der Waals surface area contributed by atoms with E-state index in [0.717, 1.165) is 18.3 Å². The lowest BCUT2D eigenvalue weighted by atomic mass is 9.94. The van der Waals surface area contributed by atoms with E-state index in [2.05, 4.69) is 18.7 Å². The highest BCUT2D eigenvalue weighted by atomic mass is 15.2. The SMILES string of the molecule is CC1CCC(C)N(C(=N)C2CC2)C1. The number of nitrogens with one attached hydrogen (secondary N) is 1. The van der Waals surface area contributed by atoms with E-state index in [1.165, 1.54) is 25.7 Å². The van der Waals surface area contributed by atoms with Gasteiger partial charge in [-0.25, -0.2) is 0 Å². The molecule has 0 aromatic rings. The molecule has 2 heteroatoms. The van der Waals surface area contributed by atoms with Crippen molar-refractivity contribution in [3.05, 3.63) is 0 Å². The Morgan fingerprint density at radius 2 is 1.85 bits per heavy atom. The molecular formula is C11H20N2. The Bertz CT molecular complexity index is 208. The second kappa shape index (κ2) is 3.32. The number of likely N-dealkylation sites (tertiary alicyclic amines) is 1. The smallest absolute Gasteiger partial charge is 0.0992 e. The highest BCUT2D eigenvalue weighted by Gasteiger charge is 2.34. The predicted octanol–water partition coefficient (Wildman–Crippen LogP) is 2.49. The molecule has 0 radical (unpaired) electrons. The fourth-order valence-electron chi connectivity index (χ4n) is 2.22. The van der Waals surface area contributed by atoms with E-state index in [9.17, 15) is 0 Å². The first-order valence-corrected chi connectivity index (χ1v) is 5.53. The molecule has 2 fully saturated rings. The molecule has 0 aromatic carbocycles. The zero-order chi connectivity index (χ0) is 9.42. The van der Waals surface area contributed by atoms with Gasteiger partial charge in [0.05, 0.1) is 5.84 Å². The van der Waals surface area contributed by atoms with Crippen LogP contribution in [0.4, 0.5) is 0 Å². The summed E-state index contributed by atoms with van der Waals surface area (Å²) in [6, 6.07) is 0.615. The predicted molar refractivity (Wildman–Crippen MR) is 55.0 cm³/mol. The first-order valence-electron chi connectivity index (χ1n) is 5.53. The molecule has 1 aliphatic heterocycles. The highest BCUT2D eigenvalue weighted by Crippen LogP contribution is 2.34. The van der Waals surface area contributed by atoms with Crippen LogP contribution in [0.1, 0.15) is 39.5 Å². The van der Waals surface area contributed by atoms with E-state index >= 15 is 0 Å². The van der Waals surface area contributed by atoms with Crippen LogP contribution < -0.4 is 0 Å². The molecule has 0 amide bonds. The summed E-state index contributed by atoms with van der Waals surface area (Å²) in [6.07, 6.45) is 5.14. The van der Waals surface area contributed by atoms with Gasteiger partial charge in [-0.15, -0.1) is 0 Å². The summed E-state index contributed by atoms with van der Waals surface area (Å²) in [5.41, 5.74) is 0. The van der Waals surface area contributed by atoms with Crippen LogP contribution in [-0.4, -0.2) is 23.3 Å². The minimum atomic E-state index is 0.615. The molecule has 2 atom stereocenters. The maximum atomic E-state index is 8.05. The number of piperidine rings is 1. The number of rotatable bonds is 1. The van der Waals surface area contributed by atoms with Crippen molar-refractivity contribution in [3.63, 3.8) is 0 Å². The highest BCUT2D eigenvalue weighted by molar-refractivity contribution is 5.84. The lowest BCUT2D eigenvalue weighted by Gasteiger charge is -2.38. The summed E-state index contributed by atoms with van der Waals surface area (Å²) in [5, 5.41) is 8.05. The molecule has 0 bridgehead atoms. The largest absolute Gasteiger partial charge is 0.357 e. The lowest BCUT2D eigenvalue weighted by molar-refractivity contribution is 0.201. The van der Waals surface area contributed by atoms with Gasteiger partial charge in [0.25, 0.3) is 0 Å². The number of nitrogens with zero attached hydrogens (tertiary/aromatic N) is 1. The van der Waals surface area contributed by atoms with E-state index < -0.39 is 0 Å². The van der Waals surface area contributed by atoms with Gasteiger partial charge in [0.2, 0.25) is 0 Å². The average molecular weight is 180 g/mol. The van der Waals surface area contributed by atoms with Crippen LogP contribution >= 0.6 is 0 Å². The van der Waals surface area contributed by atoms with Gasteiger partial charge in [-0.1, -0.05) is 6.92 Å². The fraction of sp³-hybridized carbons (Fsp3) is 0.909. The first-order chi connectivity index (χ1) is 6.18. The molecule has 13 heavy (non-hydrogen) atoms. The Morgan fingerprint density at radius 1 is 1.15 bits per heavy atom. The third kappa shape index (κ3) is 1.87. The molecule has 2 nitrogen and oxygen atoms in total. The van der Waals surface area contributed by atoms with Crippen LogP contribution in [0, 0.1) is 17.2 Å². The number of hydrogen-bond donors (Lipinski definition) is 1. The van der Waals surface area contributed by atoms with Crippen molar-refractivity contribution in [1.82, 2.24) is 4.90 Å². The van der Waals surface area contributed by atoms with Crippen LogP contribution in [0.2, 0.25) is 0 Å². The van der Waals surface area contributed by atoms with Gasteiger partial charge >= 0.3 is 0 Å². The van der Waals surface area contributed by atoms with Crippen LogP contribution in [0.25, 0.3) is 0 Å². The Kier molecular flexibility index (Phi) is 2.31. The van der Waals surface area contributed by atoms with Crippen LogP contribution in [0.5, 0.6) is 0 Å². The Labute approximate surface area is 80.8 Å². The van der Waals surface area contributed by atoms with E-state index in [1.807, 2.05) is 0 Å². The zero-order valence-electron chi connectivity index (χ0n) is 8.71. The van der Waals surface area contributed by atoms with Gasteiger partial charge in [0, 0.05) is 18.5 Å². The van der Waals surface area contributed by atoms with Crippen molar-refractivity contribution in [2.45, 2.75) is 45.6 Å². The summed E-state index contributed by atoms with van der Waals surface area (Å²) in [7, 11) is 0. The average Bonchev–Trinajstić information content (AvgIpc) is 2.91. The molecule has 1 saturated carbocycles. The standard InChI is InChI=1S/C11H20N2/c1-8-3-4-9(2)13(7-8)11(12)10-5-6-10/h8-10,12H,3-7H2,1-2H3. The molecule has 2 aliphatic rings. The van der Waals surface area contributed by atoms with Crippen LogP contribution in [0.15, 0.2) is 0 Å². The van der Waals surface area contributed by atoms with Gasteiger partial charge < -0.3 is 4.90 Å². The van der Waals surface area contributed by atoms with Crippen LogP contribution in [-0.2, 0) is 0 Å². The number of amidine groups is 1. The summed E-state index contributed by atoms with van der Waals surface area (Å²) < 4.78 is 0. The molecule has 0 aromatic heterocycles. The Hall–Kier alpha value is -0.530. The van der Waals surface area contributed by atoms with Gasteiger partial charge in [-0.2, -0.15) is 0 Å². The molecule has 2 rings (SSSR count). The zero-order valence-corrected chi connectivity index (χ0v) is 8.71. The minimum absolute atomic E-state index is 0.615. The summed E-state index contributed by atoms with van der Waals surface area (Å²) in [6.45, 7) is 5.69. The van der Waals surface area contributed by atoms with E-state index in [0.29, 0.717) is 12.0 Å². The molecule has 1 aliphatic carbocycles. The van der Waals surface area contributed by atoms with Gasteiger partial charge in [0.1, 0.15) is 0 Å². The fourth-order valence-corrected chi connectivity index (χ4v) is 2.22. The lowest BCUT2D eigenvalue weighted by Crippen LogP contribution is -2.45. The summed E-state index contributed by atoms with van der Waals surface area (Å²) >= 11 is 0. The van der Waals surface area contributed by atoms with Crippen molar-refractivity contribution in [3.8, 4) is 0 Å². The van der Waals surface area contributed by atoms with Crippen molar-refractivity contribution in [2.75, 3.05) is 6.54 Å². The normalized spacial score (nSPS) is 34.8. The summed E-state index contributed by atoms with van der Waals surface area (Å²) in [4.78, 5) is 2.34. The second-order valence-corrected chi connectivity index (χ2v) is 4.84. The molecule has 1 heterocycles. The summed E-state index contributed by atoms with van der Waals surface area (Å²) in [5.74, 6) is 2.34. The molecule has 1 saturated heterocycles. The number of hydrogen-bond acceptors (Lipinski definition) is 1. The topological polar surface area (TPSA) is 27.1 Å². The van der Waals surface area contributed by atoms with E-state index in [-0.39, 0.29) is 0 Å². The van der Waals surface area contributed by atoms with Gasteiger partial charge in [0.15, 0.2) is 0 Å². The van der Waals surface area contributed by atoms with Crippen LogP contribution in [0.3, 0.4) is 0 Å². The third-order valence-corrected chi connectivity index (χ3v) is 3.39. The molecule has 2 unspecified atom stereocenters. The molecular weight excluding hydrogens is 160 g/mol. The van der Waals surface area contributed by atoms with Gasteiger partial charge in [-0.3, -0.25) is 5.41 Å². The Balaban J connectivity index is 1.97. The van der Waals surface area contributed by atoms with Gasteiger partial charge in [-0.05, 0) is 38.5 Å². The van der Waals surface area contributed by atoms with Crippen molar-refractivity contribution in [2.24, 2.45) is 11.8 Å². The molecule has 74 valence electrons. The molecule has 0 spiro atoms. The Morgan fingerprint density at radius 3 is 2.46 bits per heavy atom. The van der Waals surface area contributed by atoms with Crippen molar-refractivity contribution < 1.29 is 0 Å². The van der Waals surface area contributed by atoms with E-state index in [1.54, 1.807) is 0 Å². The second-order valence-electron chi connectivity index (χ2n) is 4.84. The van der Waals surface area contributed by atoms with Crippen molar-refractivity contribution in [1.29, 1.82) is 5.41 Å². The maximum Gasteiger partial charge on any atom is 0.0992 e. The third-order valence-electron chi connectivity index (χ3n) is 3.39. The first kappa shape index (κ1) is 9.04. The van der Waals surface area contributed by atoms with E-state index in [4.69, 9.17) is 5.41 Å². The quantitative estimate of drug-likeness (QED) is 0.487. The maximum absolute atomic E-state index is 8.05.